The number of nitrogens with one attached hydrogen (secondary N) is 2. The van der Waals surface area contributed by atoms with Crippen molar-refractivity contribution in [2.75, 3.05) is 10.6 Å². The van der Waals surface area contributed by atoms with Crippen molar-refractivity contribution in [2.45, 2.75) is 36.3 Å². The molecule has 31 heavy (non-hydrogen) atoms. The van der Waals surface area contributed by atoms with Crippen LogP contribution in [0.4, 0.5) is 24.5 Å². The highest BCUT2D eigenvalue weighted by Crippen LogP contribution is 2.36. The normalized spacial score (nSPS) is 16.7. The van der Waals surface area contributed by atoms with Crippen molar-refractivity contribution in [3.05, 3.63) is 52.5 Å². The highest BCUT2D eigenvalue weighted by Gasteiger charge is 2.31. The fourth-order valence-corrected chi connectivity index (χ4v) is 3.74. The van der Waals surface area contributed by atoms with Crippen LogP contribution in [-0.2, 0) is 20.5 Å². The Morgan fingerprint density at radius 2 is 1.94 bits per heavy atom. The summed E-state index contributed by atoms with van der Waals surface area (Å²) in [5.41, 5.74) is -0.687. The van der Waals surface area contributed by atoms with E-state index in [0.717, 1.165) is 17.0 Å². The quantitative estimate of drug-likeness (QED) is 0.613. The van der Waals surface area contributed by atoms with Crippen LogP contribution in [0.5, 0.6) is 0 Å². The molecule has 0 saturated carbocycles. The van der Waals surface area contributed by atoms with Crippen molar-refractivity contribution in [3.63, 3.8) is 0 Å². The van der Waals surface area contributed by atoms with Crippen LogP contribution in [0.15, 0.2) is 41.3 Å². The molecule has 0 saturated heterocycles. The van der Waals surface area contributed by atoms with Gasteiger partial charge in [0.05, 0.1) is 32.8 Å². The van der Waals surface area contributed by atoms with Gasteiger partial charge in [0.15, 0.2) is 6.10 Å². The summed E-state index contributed by atoms with van der Waals surface area (Å²) >= 11 is 7.20. The number of hydrogen-bond acceptors (Lipinski definition) is 5. The van der Waals surface area contributed by atoms with E-state index in [9.17, 15) is 27.6 Å². The Bertz CT molecular complexity index is 1060. The van der Waals surface area contributed by atoms with Gasteiger partial charge in [-0.2, -0.15) is 13.2 Å². The number of thioether (sulfide) groups is 1. The third-order valence-corrected chi connectivity index (χ3v) is 5.86. The zero-order valence-electron chi connectivity index (χ0n) is 16.2. The topological polar surface area (TPSA) is 84.5 Å². The SMILES string of the molecule is CC(OC(=O)c1ccc2c(c1)NC(=O)C(C)S2)C(=O)Nc1cc(C(F)(F)F)ccc1Cl. The second-order valence-electron chi connectivity index (χ2n) is 6.69. The van der Waals surface area contributed by atoms with Crippen LogP contribution >= 0.6 is 23.4 Å². The van der Waals surface area contributed by atoms with Crippen molar-refractivity contribution < 1.29 is 32.3 Å². The first-order chi connectivity index (χ1) is 14.5. The number of fused-ring (bicyclic) bond motifs is 1. The molecule has 6 nitrogen and oxygen atoms in total. The summed E-state index contributed by atoms with van der Waals surface area (Å²) < 4.78 is 43.7. The predicted octanol–water partition coefficient (Wildman–Crippen LogP) is 4.98. The first-order valence-electron chi connectivity index (χ1n) is 8.96. The van der Waals surface area contributed by atoms with E-state index < -0.39 is 29.7 Å². The minimum Gasteiger partial charge on any atom is -0.449 e. The van der Waals surface area contributed by atoms with Crippen LogP contribution in [0.2, 0.25) is 5.02 Å². The molecule has 3 rings (SSSR count). The van der Waals surface area contributed by atoms with E-state index in [1.54, 1.807) is 13.0 Å². The lowest BCUT2D eigenvalue weighted by atomic mass is 10.2. The smallest absolute Gasteiger partial charge is 0.416 e. The van der Waals surface area contributed by atoms with E-state index in [4.69, 9.17) is 16.3 Å². The number of carbonyl (C=O) groups excluding carboxylic acids is 3. The molecule has 0 aromatic heterocycles. The minimum absolute atomic E-state index is 0.1000. The van der Waals surface area contributed by atoms with E-state index in [1.165, 1.54) is 30.8 Å². The number of benzene rings is 2. The Morgan fingerprint density at radius 1 is 1.23 bits per heavy atom. The first kappa shape index (κ1) is 23.0. The van der Waals surface area contributed by atoms with E-state index >= 15 is 0 Å². The maximum atomic E-state index is 12.9. The van der Waals surface area contributed by atoms with Crippen molar-refractivity contribution in [1.82, 2.24) is 0 Å². The molecule has 1 heterocycles. The maximum Gasteiger partial charge on any atom is 0.416 e. The van der Waals surface area contributed by atoms with Gasteiger partial charge in [-0.15, -0.1) is 11.8 Å². The van der Waals surface area contributed by atoms with Gasteiger partial charge in [-0.25, -0.2) is 4.79 Å². The lowest BCUT2D eigenvalue weighted by Crippen LogP contribution is -2.30. The van der Waals surface area contributed by atoms with Gasteiger partial charge in [0.1, 0.15) is 0 Å². The lowest BCUT2D eigenvalue weighted by molar-refractivity contribution is -0.137. The van der Waals surface area contributed by atoms with Crippen molar-refractivity contribution >= 4 is 52.5 Å². The van der Waals surface area contributed by atoms with Gasteiger partial charge >= 0.3 is 12.1 Å². The average Bonchev–Trinajstić information content (AvgIpc) is 2.69. The highest BCUT2D eigenvalue weighted by molar-refractivity contribution is 8.00. The first-order valence-corrected chi connectivity index (χ1v) is 10.2. The molecule has 11 heteroatoms. The summed E-state index contributed by atoms with van der Waals surface area (Å²) in [5, 5.41) is 4.55. The Kier molecular flexibility index (Phi) is 6.51. The summed E-state index contributed by atoms with van der Waals surface area (Å²) in [6.45, 7) is 3.02. The number of amides is 2. The monoisotopic (exact) mass is 472 g/mol. The molecule has 2 atom stereocenters. The van der Waals surface area contributed by atoms with E-state index in [2.05, 4.69) is 10.6 Å². The van der Waals surface area contributed by atoms with Gasteiger partial charge < -0.3 is 15.4 Å². The Morgan fingerprint density at radius 3 is 2.61 bits per heavy atom. The average molecular weight is 473 g/mol. The standard InChI is InChI=1S/C20H16ClF3N2O4S/c1-9(17(27)25-14-8-12(20(22,23)24)4-5-13(14)21)30-19(29)11-3-6-16-15(7-11)26-18(28)10(2)31-16/h3-10H,1-2H3,(H,25,27)(H,26,28). The van der Waals surface area contributed by atoms with Gasteiger partial charge in [0, 0.05) is 4.90 Å². The minimum atomic E-state index is -4.61. The Balaban J connectivity index is 1.69. The van der Waals surface area contributed by atoms with E-state index in [-0.39, 0.29) is 27.4 Å². The van der Waals surface area contributed by atoms with Crippen molar-refractivity contribution in [2.24, 2.45) is 0 Å². The largest absolute Gasteiger partial charge is 0.449 e. The molecular weight excluding hydrogens is 457 g/mol. The molecule has 0 spiro atoms. The third-order valence-electron chi connectivity index (χ3n) is 4.35. The lowest BCUT2D eigenvalue weighted by Gasteiger charge is -2.22. The second kappa shape index (κ2) is 8.80. The maximum absolute atomic E-state index is 12.9. The van der Waals surface area contributed by atoms with Crippen LogP contribution < -0.4 is 10.6 Å². The van der Waals surface area contributed by atoms with Gasteiger partial charge in [-0.3, -0.25) is 9.59 Å². The summed E-state index contributed by atoms with van der Waals surface area (Å²) in [6, 6.07) is 7.07. The fourth-order valence-electron chi connectivity index (χ4n) is 2.65. The molecular formula is C20H16ClF3N2O4S. The highest BCUT2D eigenvalue weighted by atomic mass is 35.5. The molecule has 1 aliphatic heterocycles. The summed E-state index contributed by atoms with van der Waals surface area (Å²) in [4.78, 5) is 37.3. The number of halogens is 4. The van der Waals surface area contributed by atoms with Gasteiger partial charge in [0.2, 0.25) is 5.91 Å². The molecule has 0 fully saturated rings. The molecule has 0 bridgehead atoms. The number of rotatable bonds is 4. The number of alkyl halides is 3. The second-order valence-corrected chi connectivity index (χ2v) is 8.48. The molecule has 2 N–H and O–H groups in total. The zero-order valence-corrected chi connectivity index (χ0v) is 17.7. The van der Waals surface area contributed by atoms with Crippen LogP contribution in [0, 0.1) is 0 Å². The van der Waals surface area contributed by atoms with Crippen LogP contribution in [0.1, 0.15) is 29.8 Å². The van der Waals surface area contributed by atoms with Gasteiger partial charge in [0.25, 0.3) is 5.91 Å². The van der Waals surface area contributed by atoms with E-state index in [0.29, 0.717) is 11.8 Å². The molecule has 2 aromatic carbocycles. The summed E-state index contributed by atoms with van der Waals surface area (Å²) in [6.07, 6.45) is -5.93. The van der Waals surface area contributed by atoms with Gasteiger partial charge in [-0.1, -0.05) is 11.6 Å². The predicted molar refractivity (Wildman–Crippen MR) is 110 cm³/mol. The summed E-state index contributed by atoms with van der Waals surface area (Å²) in [7, 11) is 0. The molecule has 1 aliphatic rings. The number of hydrogen-bond donors (Lipinski definition) is 2. The molecule has 164 valence electrons. The number of anilines is 2. The zero-order chi connectivity index (χ0) is 22.9. The fraction of sp³-hybridized carbons (Fsp3) is 0.250. The number of carbonyl (C=O) groups is 3. The van der Waals surface area contributed by atoms with Gasteiger partial charge in [-0.05, 0) is 50.2 Å². The Labute approximate surface area is 184 Å². The molecule has 2 unspecified atom stereocenters. The molecule has 2 aromatic rings. The third kappa shape index (κ3) is 5.31. The van der Waals surface area contributed by atoms with E-state index in [1.807, 2.05) is 0 Å². The molecule has 0 radical (unpaired) electrons. The summed E-state index contributed by atoms with van der Waals surface area (Å²) in [5.74, 6) is -1.89. The number of esters is 1. The van der Waals surface area contributed by atoms with Crippen LogP contribution in [-0.4, -0.2) is 29.1 Å². The van der Waals surface area contributed by atoms with Crippen molar-refractivity contribution in [1.29, 1.82) is 0 Å². The number of ether oxygens (including phenoxy) is 1. The van der Waals surface area contributed by atoms with Crippen LogP contribution in [0.25, 0.3) is 0 Å². The Hall–Kier alpha value is -2.72. The van der Waals surface area contributed by atoms with Crippen molar-refractivity contribution in [3.8, 4) is 0 Å². The molecule has 2 amide bonds. The molecule has 0 aliphatic carbocycles. The van der Waals surface area contributed by atoms with Crippen LogP contribution in [0.3, 0.4) is 0 Å².